The van der Waals surface area contributed by atoms with E-state index in [1.807, 2.05) is 0 Å². The van der Waals surface area contributed by atoms with Gasteiger partial charge in [-0.2, -0.15) is 0 Å². The third-order valence-electron chi connectivity index (χ3n) is 6.56. The molecule has 2 aliphatic carbocycles. The zero-order valence-electron chi connectivity index (χ0n) is 16.4. The fourth-order valence-electron chi connectivity index (χ4n) is 5.18. The van der Waals surface area contributed by atoms with Crippen LogP contribution in [0.2, 0.25) is 0 Å². The third-order valence-corrected chi connectivity index (χ3v) is 6.56. The first kappa shape index (κ1) is 18.5. The minimum absolute atomic E-state index is 0. The van der Waals surface area contributed by atoms with Gasteiger partial charge in [-0.25, -0.2) is 0 Å². The van der Waals surface area contributed by atoms with Crippen molar-refractivity contribution in [1.29, 1.82) is 0 Å². The number of hydrogen-bond donors (Lipinski definition) is 0. The summed E-state index contributed by atoms with van der Waals surface area (Å²) in [5.74, 6) is 0. The molecule has 0 saturated carbocycles. The van der Waals surface area contributed by atoms with Crippen molar-refractivity contribution in [2.45, 2.75) is 25.7 Å². The van der Waals surface area contributed by atoms with Gasteiger partial charge in [0, 0.05) is 18.6 Å². The van der Waals surface area contributed by atoms with Crippen LogP contribution in [0.15, 0.2) is 84.9 Å². The zero-order chi connectivity index (χ0) is 18.5. The van der Waals surface area contributed by atoms with Crippen LogP contribution in [0.3, 0.4) is 0 Å². The quantitative estimate of drug-likeness (QED) is 0.308. The van der Waals surface area contributed by atoms with Gasteiger partial charge in [0.05, 0.1) is 0 Å². The first-order valence-electron chi connectivity index (χ1n) is 10.3. The Bertz CT molecular complexity index is 1120. The molecule has 0 bridgehead atoms. The molecule has 0 spiro atoms. The Labute approximate surface area is 184 Å². The van der Waals surface area contributed by atoms with Crippen LogP contribution >= 0.6 is 0 Å². The summed E-state index contributed by atoms with van der Waals surface area (Å²) in [4.78, 5) is 0. The SMILES string of the molecule is [V].c1ccc2c(c1)Cc1c(CCc3cccc4c3Cc3ccccc3-4)cccc1-2. The number of fused-ring (bicyclic) bond motifs is 6. The molecular formula is C28H22V. The van der Waals surface area contributed by atoms with Crippen LogP contribution in [-0.4, -0.2) is 0 Å². The number of rotatable bonds is 3. The molecule has 0 nitrogen and oxygen atoms in total. The fourth-order valence-corrected chi connectivity index (χ4v) is 5.18. The molecule has 0 aromatic heterocycles. The minimum atomic E-state index is 0. The van der Waals surface area contributed by atoms with E-state index in [4.69, 9.17) is 0 Å². The Kier molecular flexibility index (Phi) is 4.70. The molecule has 0 unspecified atom stereocenters. The van der Waals surface area contributed by atoms with Crippen molar-refractivity contribution in [2.24, 2.45) is 0 Å². The molecule has 29 heavy (non-hydrogen) atoms. The van der Waals surface area contributed by atoms with Crippen molar-refractivity contribution in [3.63, 3.8) is 0 Å². The van der Waals surface area contributed by atoms with Gasteiger partial charge in [-0.15, -0.1) is 0 Å². The van der Waals surface area contributed by atoms with Crippen LogP contribution in [-0.2, 0) is 44.2 Å². The van der Waals surface area contributed by atoms with Gasteiger partial charge in [-0.3, -0.25) is 0 Å². The zero-order valence-corrected chi connectivity index (χ0v) is 17.8. The molecule has 1 radical (unpaired) electrons. The minimum Gasteiger partial charge on any atom is -0.0619 e. The van der Waals surface area contributed by atoms with Gasteiger partial charge in [0.1, 0.15) is 0 Å². The summed E-state index contributed by atoms with van der Waals surface area (Å²) in [5.41, 5.74) is 14.8. The molecule has 2 aliphatic rings. The van der Waals surface area contributed by atoms with Crippen LogP contribution in [0.1, 0.15) is 33.4 Å². The normalized spacial score (nSPS) is 12.6. The van der Waals surface area contributed by atoms with Gasteiger partial charge in [-0.1, -0.05) is 84.9 Å². The Balaban J connectivity index is 0.00000181. The molecule has 0 atom stereocenters. The first-order chi connectivity index (χ1) is 13.9. The molecule has 6 rings (SSSR count). The monoisotopic (exact) mass is 409 g/mol. The first-order valence-corrected chi connectivity index (χ1v) is 10.3. The average Bonchev–Trinajstić information content (AvgIpc) is 3.31. The maximum atomic E-state index is 2.34. The van der Waals surface area contributed by atoms with Crippen LogP contribution in [0.4, 0.5) is 0 Å². The van der Waals surface area contributed by atoms with E-state index in [1.165, 1.54) is 44.5 Å². The molecule has 4 aromatic carbocycles. The van der Waals surface area contributed by atoms with Gasteiger partial charge >= 0.3 is 0 Å². The van der Waals surface area contributed by atoms with Crippen LogP contribution in [0.5, 0.6) is 0 Å². The third kappa shape index (κ3) is 2.99. The number of benzene rings is 4. The summed E-state index contributed by atoms with van der Waals surface area (Å²) < 4.78 is 0. The molecule has 0 saturated heterocycles. The van der Waals surface area contributed by atoms with E-state index in [1.54, 1.807) is 11.1 Å². The predicted molar refractivity (Wildman–Crippen MR) is 117 cm³/mol. The van der Waals surface area contributed by atoms with E-state index in [2.05, 4.69) is 84.9 Å². The Morgan fingerprint density at radius 1 is 0.448 bits per heavy atom. The van der Waals surface area contributed by atoms with E-state index in [-0.39, 0.29) is 18.6 Å². The van der Waals surface area contributed by atoms with E-state index < -0.39 is 0 Å². The van der Waals surface area contributed by atoms with Crippen molar-refractivity contribution in [1.82, 2.24) is 0 Å². The Hall–Kier alpha value is -2.54. The van der Waals surface area contributed by atoms with E-state index in [0.29, 0.717) is 0 Å². The van der Waals surface area contributed by atoms with E-state index in [0.717, 1.165) is 25.7 Å². The molecule has 4 aromatic rings. The summed E-state index contributed by atoms with van der Waals surface area (Å²) in [6, 6.07) is 31.5. The van der Waals surface area contributed by atoms with Crippen molar-refractivity contribution >= 4 is 0 Å². The van der Waals surface area contributed by atoms with Crippen molar-refractivity contribution in [3.8, 4) is 22.3 Å². The van der Waals surface area contributed by atoms with Crippen LogP contribution in [0.25, 0.3) is 22.3 Å². The van der Waals surface area contributed by atoms with Gasteiger partial charge in [-0.05, 0) is 81.3 Å². The second-order valence-electron chi connectivity index (χ2n) is 8.05. The van der Waals surface area contributed by atoms with E-state index >= 15 is 0 Å². The van der Waals surface area contributed by atoms with E-state index in [9.17, 15) is 0 Å². The van der Waals surface area contributed by atoms with Crippen LogP contribution in [0, 0.1) is 0 Å². The summed E-state index contributed by atoms with van der Waals surface area (Å²) in [7, 11) is 0. The summed E-state index contributed by atoms with van der Waals surface area (Å²) in [6.45, 7) is 0. The maximum absolute atomic E-state index is 2.34. The summed E-state index contributed by atoms with van der Waals surface area (Å²) in [5, 5.41) is 0. The Morgan fingerprint density at radius 2 is 0.862 bits per heavy atom. The van der Waals surface area contributed by atoms with Crippen molar-refractivity contribution in [2.75, 3.05) is 0 Å². The largest absolute Gasteiger partial charge is 0.0619 e. The summed E-state index contributed by atoms with van der Waals surface area (Å²) >= 11 is 0. The average molecular weight is 409 g/mol. The van der Waals surface area contributed by atoms with Gasteiger partial charge in [0.25, 0.3) is 0 Å². The molecule has 139 valence electrons. The van der Waals surface area contributed by atoms with Crippen molar-refractivity contribution < 1.29 is 18.6 Å². The van der Waals surface area contributed by atoms with Crippen LogP contribution < -0.4 is 0 Å². The molecule has 0 N–H and O–H groups in total. The number of aryl methyl sites for hydroxylation is 2. The topological polar surface area (TPSA) is 0 Å². The molecule has 1 heteroatoms. The number of hydrogen-bond acceptors (Lipinski definition) is 0. The maximum Gasteiger partial charge on any atom is 0 e. The predicted octanol–water partition coefficient (Wildman–Crippen LogP) is 6.61. The fraction of sp³-hybridized carbons (Fsp3) is 0.143. The molecule has 0 heterocycles. The molecule has 0 amide bonds. The second-order valence-corrected chi connectivity index (χ2v) is 8.05. The molecule has 0 fully saturated rings. The van der Waals surface area contributed by atoms with Gasteiger partial charge in [0.15, 0.2) is 0 Å². The molecule has 0 aliphatic heterocycles. The molecular weight excluding hydrogens is 387 g/mol. The Morgan fingerprint density at radius 3 is 1.34 bits per heavy atom. The summed E-state index contributed by atoms with van der Waals surface area (Å²) in [6.07, 6.45) is 4.40. The second kappa shape index (κ2) is 7.37. The standard InChI is InChI=1S/C28H22.V/c1-3-11-23-21(7-1)17-27-19(9-5-13-25(23)27)15-16-20-10-6-14-26-24-12-4-2-8-22(24)18-28(20)26;/h1-14H,15-18H2;. The van der Waals surface area contributed by atoms with Gasteiger partial charge in [0.2, 0.25) is 0 Å². The smallest absolute Gasteiger partial charge is 0 e. The van der Waals surface area contributed by atoms with Gasteiger partial charge < -0.3 is 0 Å². The van der Waals surface area contributed by atoms with Crippen molar-refractivity contribution in [3.05, 3.63) is 118 Å².